The molecular weight excluding hydrogens is 336 g/mol. The standard InChI is InChI=1S/C19H19ClN4O/c20-14-8-10-15(11-9-14)23-19(25)24(18-6-1-2-7-18)13-17-5-3-4-16(12-21)22-17/h3-5,8-11,18H,1-2,6-7,13H2,(H,23,25). The Hall–Kier alpha value is -2.58. The van der Waals surface area contributed by atoms with E-state index in [1.807, 2.05) is 17.0 Å². The number of pyridine rings is 1. The molecule has 0 unspecified atom stereocenters. The van der Waals surface area contributed by atoms with E-state index in [1.54, 1.807) is 36.4 Å². The van der Waals surface area contributed by atoms with Crippen molar-refractivity contribution in [2.75, 3.05) is 5.32 Å². The van der Waals surface area contributed by atoms with E-state index >= 15 is 0 Å². The van der Waals surface area contributed by atoms with Gasteiger partial charge in [0.1, 0.15) is 11.8 Å². The number of hydrogen-bond acceptors (Lipinski definition) is 3. The SMILES string of the molecule is N#Cc1cccc(CN(C(=O)Nc2ccc(Cl)cc2)C2CCCC2)n1. The predicted octanol–water partition coefficient (Wildman–Crippen LogP) is 4.58. The Labute approximate surface area is 152 Å². The molecule has 0 radical (unpaired) electrons. The average Bonchev–Trinajstić information content (AvgIpc) is 3.16. The van der Waals surface area contributed by atoms with Crippen LogP contribution in [0.1, 0.15) is 37.1 Å². The van der Waals surface area contributed by atoms with E-state index in [1.165, 1.54) is 0 Å². The molecule has 1 aromatic heterocycles. The van der Waals surface area contributed by atoms with Gasteiger partial charge in [-0.15, -0.1) is 0 Å². The third-order valence-electron chi connectivity index (χ3n) is 4.38. The molecule has 128 valence electrons. The molecule has 0 atom stereocenters. The molecule has 6 heteroatoms. The van der Waals surface area contributed by atoms with Gasteiger partial charge < -0.3 is 10.2 Å². The van der Waals surface area contributed by atoms with Gasteiger partial charge in [0, 0.05) is 16.8 Å². The van der Waals surface area contributed by atoms with Gasteiger partial charge >= 0.3 is 6.03 Å². The van der Waals surface area contributed by atoms with Gasteiger partial charge in [0.25, 0.3) is 0 Å². The smallest absolute Gasteiger partial charge is 0.316 e. The zero-order valence-electron chi connectivity index (χ0n) is 13.8. The molecule has 25 heavy (non-hydrogen) atoms. The molecule has 0 aliphatic heterocycles. The number of halogens is 1. The molecule has 2 aromatic rings. The zero-order valence-corrected chi connectivity index (χ0v) is 14.5. The summed E-state index contributed by atoms with van der Waals surface area (Å²) >= 11 is 5.89. The number of nitrogens with one attached hydrogen (secondary N) is 1. The van der Waals surface area contributed by atoms with Crippen molar-refractivity contribution in [3.63, 3.8) is 0 Å². The van der Waals surface area contributed by atoms with Gasteiger partial charge in [-0.2, -0.15) is 5.26 Å². The van der Waals surface area contributed by atoms with E-state index in [4.69, 9.17) is 16.9 Å². The van der Waals surface area contributed by atoms with E-state index < -0.39 is 0 Å². The van der Waals surface area contributed by atoms with Crippen LogP contribution in [0.2, 0.25) is 5.02 Å². The quantitative estimate of drug-likeness (QED) is 0.873. The molecule has 1 saturated carbocycles. The highest BCUT2D eigenvalue weighted by atomic mass is 35.5. The van der Waals surface area contributed by atoms with Gasteiger partial charge in [-0.3, -0.25) is 0 Å². The van der Waals surface area contributed by atoms with Crippen LogP contribution in [0.3, 0.4) is 0 Å². The van der Waals surface area contributed by atoms with Gasteiger partial charge in [0.15, 0.2) is 0 Å². The number of hydrogen-bond donors (Lipinski definition) is 1. The van der Waals surface area contributed by atoms with Crippen LogP contribution in [0.15, 0.2) is 42.5 Å². The molecule has 1 heterocycles. The van der Waals surface area contributed by atoms with Crippen molar-refractivity contribution < 1.29 is 4.79 Å². The summed E-state index contributed by atoms with van der Waals surface area (Å²) in [6, 6.07) is 14.4. The van der Waals surface area contributed by atoms with Gasteiger partial charge in [-0.05, 0) is 49.2 Å². The topological polar surface area (TPSA) is 69.0 Å². The lowest BCUT2D eigenvalue weighted by Crippen LogP contribution is -2.41. The van der Waals surface area contributed by atoms with Crippen molar-refractivity contribution in [1.29, 1.82) is 5.26 Å². The summed E-state index contributed by atoms with van der Waals surface area (Å²) < 4.78 is 0. The van der Waals surface area contributed by atoms with Crippen LogP contribution in [-0.4, -0.2) is 22.0 Å². The number of amides is 2. The Balaban J connectivity index is 1.77. The summed E-state index contributed by atoms with van der Waals surface area (Å²) in [6.07, 6.45) is 4.24. The molecule has 1 aliphatic carbocycles. The number of nitriles is 1. The zero-order chi connectivity index (χ0) is 17.6. The Kier molecular flexibility index (Phi) is 5.52. The normalized spacial score (nSPS) is 14.1. The maximum Gasteiger partial charge on any atom is 0.322 e. The van der Waals surface area contributed by atoms with Gasteiger partial charge in [0.05, 0.1) is 12.2 Å². The number of carbonyl (C=O) groups is 1. The largest absolute Gasteiger partial charge is 0.322 e. The minimum atomic E-state index is -0.154. The van der Waals surface area contributed by atoms with Gasteiger partial charge in [-0.1, -0.05) is 30.5 Å². The van der Waals surface area contributed by atoms with E-state index in [0.29, 0.717) is 22.9 Å². The first-order chi connectivity index (χ1) is 12.2. The highest BCUT2D eigenvalue weighted by Crippen LogP contribution is 2.26. The van der Waals surface area contributed by atoms with Crippen molar-refractivity contribution in [3.8, 4) is 6.07 Å². The molecule has 0 bridgehead atoms. The molecule has 1 N–H and O–H groups in total. The maximum absolute atomic E-state index is 12.8. The number of rotatable bonds is 4. The van der Waals surface area contributed by atoms with Gasteiger partial charge in [-0.25, -0.2) is 9.78 Å². The van der Waals surface area contributed by atoms with Crippen LogP contribution in [0.4, 0.5) is 10.5 Å². The Morgan fingerprint density at radius 3 is 2.64 bits per heavy atom. The third kappa shape index (κ3) is 4.49. The van der Waals surface area contributed by atoms with Crippen molar-refractivity contribution in [1.82, 2.24) is 9.88 Å². The average molecular weight is 355 g/mol. The minimum absolute atomic E-state index is 0.154. The van der Waals surface area contributed by atoms with E-state index in [0.717, 1.165) is 31.4 Å². The van der Waals surface area contributed by atoms with E-state index in [-0.39, 0.29) is 12.1 Å². The minimum Gasteiger partial charge on any atom is -0.316 e. The molecule has 1 aliphatic rings. The summed E-state index contributed by atoms with van der Waals surface area (Å²) in [6.45, 7) is 0.389. The maximum atomic E-state index is 12.8. The van der Waals surface area contributed by atoms with Crippen LogP contribution in [-0.2, 0) is 6.54 Å². The number of urea groups is 1. The predicted molar refractivity (Wildman–Crippen MR) is 97.2 cm³/mol. The fraction of sp³-hybridized carbons (Fsp3) is 0.316. The molecule has 1 aromatic carbocycles. The molecule has 1 fully saturated rings. The van der Waals surface area contributed by atoms with Crippen molar-refractivity contribution in [2.24, 2.45) is 0 Å². The third-order valence-corrected chi connectivity index (χ3v) is 4.63. The molecule has 0 spiro atoms. The lowest BCUT2D eigenvalue weighted by Gasteiger charge is -2.29. The summed E-state index contributed by atoms with van der Waals surface area (Å²) in [7, 11) is 0. The van der Waals surface area contributed by atoms with E-state index in [9.17, 15) is 4.79 Å². The van der Waals surface area contributed by atoms with Crippen LogP contribution < -0.4 is 5.32 Å². The Morgan fingerprint density at radius 1 is 1.24 bits per heavy atom. The summed E-state index contributed by atoms with van der Waals surface area (Å²) in [5.74, 6) is 0. The highest BCUT2D eigenvalue weighted by Gasteiger charge is 2.27. The highest BCUT2D eigenvalue weighted by molar-refractivity contribution is 6.30. The summed E-state index contributed by atoms with van der Waals surface area (Å²) in [4.78, 5) is 19.0. The van der Waals surface area contributed by atoms with Gasteiger partial charge in [0.2, 0.25) is 0 Å². The van der Waals surface area contributed by atoms with Crippen molar-refractivity contribution in [3.05, 3.63) is 58.9 Å². The second-order valence-electron chi connectivity index (χ2n) is 6.13. The second kappa shape index (κ2) is 8.00. The number of benzene rings is 1. The monoisotopic (exact) mass is 354 g/mol. The number of carbonyl (C=O) groups excluding carboxylic acids is 1. The molecule has 0 saturated heterocycles. The number of anilines is 1. The molecule has 3 rings (SSSR count). The fourth-order valence-electron chi connectivity index (χ4n) is 3.12. The fourth-order valence-corrected chi connectivity index (χ4v) is 3.24. The Morgan fingerprint density at radius 2 is 1.96 bits per heavy atom. The molecule has 5 nitrogen and oxygen atoms in total. The Bertz CT molecular complexity index is 779. The number of nitrogens with zero attached hydrogens (tertiary/aromatic N) is 3. The van der Waals surface area contributed by atoms with Crippen LogP contribution in [0.5, 0.6) is 0 Å². The van der Waals surface area contributed by atoms with E-state index in [2.05, 4.69) is 10.3 Å². The molecular formula is C19H19ClN4O. The van der Waals surface area contributed by atoms with Crippen LogP contribution >= 0.6 is 11.6 Å². The summed E-state index contributed by atoms with van der Waals surface area (Å²) in [5.41, 5.74) is 1.79. The molecule has 2 amide bonds. The van der Waals surface area contributed by atoms with Crippen LogP contribution in [0, 0.1) is 11.3 Å². The first-order valence-electron chi connectivity index (χ1n) is 8.35. The van der Waals surface area contributed by atoms with Crippen LogP contribution in [0.25, 0.3) is 0 Å². The lowest BCUT2D eigenvalue weighted by molar-refractivity contribution is 0.183. The lowest BCUT2D eigenvalue weighted by atomic mass is 10.2. The summed E-state index contributed by atoms with van der Waals surface area (Å²) in [5, 5.41) is 12.6. The van der Waals surface area contributed by atoms with Crippen molar-refractivity contribution >= 4 is 23.3 Å². The second-order valence-corrected chi connectivity index (χ2v) is 6.57. The first-order valence-corrected chi connectivity index (χ1v) is 8.73. The number of aromatic nitrogens is 1. The first kappa shape index (κ1) is 17.2. The van der Waals surface area contributed by atoms with Crippen molar-refractivity contribution in [2.45, 2.75) is 38.3 Å².